The quantitative estimate of drug-likeness (QED) is 0.704. The van der Waals surface area contributed by atoms with Crippen LogP contribution in [0.15, 0.2) is 30.4 Å². The van der Waals surface area contributed by atoms with Gasteiger partial charge in [-0.1, -0.05) is 11.6 Å². The second kappa shape index (κ2) is 5.97. The van der Waals surface area contributed by atoms with Crippen molar-refractivity contribution in [2.45, 2.75) is 26.2 Å². The zero-order chi connectivity index (χ0) is 12.0. The van der Waals surface area contributed by atoms with Gasteiger partial charge in [-0.15, -0.1) is 6.58 Å². The highest BCUT2D eigenvalue weighted by molar-refractivity contribution is 5.43. The van der Waals surface area contributed by atoms with Crippen molar-refractivity contribution in [1.82, 2.24) is 0 Å². The third kappa shape index (κ3) is 3.43. The maximum absolute atomic E-state index is 9.02. The molecule has 0 spiro atoms. The average molecular weight is 215 g/mol. The van der Waals surface area contributed by atoms with Gasteiger partial charge in [0.2, 0.25) is 0 Å². The van der Waals surface area contributed by atoms with Crippen LogP contribution in [0.25, 0.3) is 0 Å². The summed E-state index contributed by atoms with van der Waals surface area (Å²) < 4.78 is 5.09. The van der Waals surface area contributed by atoms with Gasteiger partial charge in [-0.3, -0.25) is 0 Å². The second-order valence-corrected chi connectivity index (χ2v) is 3.95. The number of ether oxygens (including phenoxy) is 1. The van der Waals surface area contributed by atoms with Crippen molar-refractivity contribution in [1.29, 1.82) is 5.26 Å². The van der Waals surface area contributed by atoms with E-state index >= 15 is 0 Å². The summed E-state index contributed by atoms with van der Waals surface area (Å²) in [5.74, 6) is 0.736. The Balaban J connectivity index is 2.73. The van der Waals surface area contributed by atoms with E-state index in [4.69, 9.17) is 10.00 Å². The number of rotatable bonds is 5. The molecule has 0 atom stereocenters. The molecule has 0 saturated heterocycles. The largest absolute Gasteiger partial charge is 0.497 e. The molecule has 0 saturated carbocycles. The molecule has 1 rings (SSSR count). The first kappa shape index (κ1) is 12.3. The topological polar surface area (TPSA) is 33.0 Å². The highest BCUT2D eigenvalue weighted by Gasteiger charge is 2.03. The smallest absolute Gasteiger partial charge is 0.120 e. The molecule has 0 aromatic heterocycles. The number of nitriles is 1. The molecule has 0 bridgehead atoms. The maximum atomic E-state index is 9.02. The molecule has 0 amide bonds. The Morgan fingerprint density at radius 3 is 2.81 bits per heavy atom. The first-order valence-electron chi connectivity index (χ1n) is 5.38. The zero-order valence-electron chi connectivity index (χ0n) is 9.92. The predicted molar refractivity (Wildman–Crippen MR) is 65.5 cm³/mol. The van der Waals surface area contributed by atoms with E-state index in [-0.39, 0.29) is 0 Å². The molecule has 0 aliphatic heterocycles. The van der Waals surface area contributed by atoms with Crippen molar-refractivity contribution in [3.05, 3.63) is 41.5 Å². The lowest BCUT2D eigenvalue weighted by molar-refractivity contribution is 0.414. The van der Waals surface area contributed by atoms with Crippen LogP contribution in [-0.2, 0) is 6.42 Å². The van der Waals surface area contributed by atoms with E-state index in [2.05, 4.69) is 12.6 Å². The number of hydrogen-bond acceptors (Lipinski definition) is 2. The molecule has 0 N–H and O–H groups in total. The third-order valence-corrected chi connectivity index (χ3v) is 2.49. The molecule has 16 heavy (non-hydrogen) atoms. The fraction of sp³-hybridized carbons (Fsp3) is 0.357. The van der Waals surface area contributed by atoms with Crippen molar-refractivity contribution < 1.29 is 4.74 Å². The van der Waals surface area contributed by atoms with Gasteiger partial charge in [0.1, 0.15) is 5.75 Å². The van der Waals surface area contributed by atoms with E-state index in [0.29, 0.717) is 5.56 Å². The summed E-state index contributed by atoms with van der Waals surface area (Å²) >= 11 is 0. The van der Waals surface area contributed by atoms with Gasteiger partial charge in [-0.2, -0.15) is 5.26 Å². The van der Waals surface area contributed by atoms with Crippen molar-refractivity contribution in [3.63, 3.8) is 0 Å². The Bertz CT molecular complexity index is 415. The lowest BCUT2D eigenvalue weighted by Gasteiger charge is -2.06. The van der Waals surface area contributed by atoms with E-state index in [9.17, 15) is 0 Å². The Labute approximate surface area is 97.2 Å². The van der Waals surface area contributed by atoms with Crippen molar-refractivity contribution in [2.75, 3.05) is 7.11 Å². The maximum Gasteiger partial charge on any atom is 0.120 e. The Kier molecular flexibility index (Phi) is 4.60. The van der Waals surface area contributed by atoms with Crippen LogP contribution >= 0.6 is 0 Å². The summed E-state index contributed by atoms with van der Waals surface area (Å²) in [4.78, 5) is 0. The molecule has 1 aromatic carbocycles. The Hall–Kier alpha value is -1.75. The predicted octanol–water partition coefficient (Wildman–Crippen LogP) is 3.47. The van der Waals surface area contributed by atoms with E-state index in [1.807, 2.05) is 19.1 Å². The lowest BCUT2D eigenvalue weighted by atomic mass is 10.0. The normalized spacial score (nSPS) is 9.56. The number of hydrogen-bond donors (Lipinski definition) is 0. The van der Waals surface area contributed by atoms with E-state index in [0.717, 1.165) is 30.6 Å². The molecule has 0 aliphatic rings. The first-order chi connectivity index (χ1) is 7.67. The number of methoxy groups -OCH3 is 1. The van der Waals surface area contributed by atoms with E-state index in [1.165, 1.54) is 5.57 Å². The highest BCUT2D eigenvalue weighted by atomic mass is 16.5. The summed E-state index contributed by atoms with van der Waals surface area (Å²) in [5, 5.41) is 9.02. The van der Waals surface area contributed by atoms with Crippen molar-refractivity contribution >= 4 is 0 Å². The highest BCUT2D eigenvalue weighted by Crippen LogP contribution is 2.19. The summed E-state index contributed by atoms with van der Waals surface area (Å²) in [7, 11) is 1.61. The van der Waals surface area contributed by atoms with Gasteiger partial charge >= 0.3 is 0 Å². The number of aryl methyl sites for hydroxylation is 1. The van der Waals surface area contributed by atoms with E-state index < -0.39 is 0 Å². The molecule has 0 radical (unpaired) electrons. The molecule has 0 aliphatic carbocycles. The molecular weight excluding hydrogens is 198 g/mol. The number of nitrogens with zero attached hydrogens (tertiary/aromatic N) is 1. The zero-order valence-corrected chi connectivity index (χ0v) is 9.92. The monoisotopic (exact) mass is 215 g/mol. The minimum absolute atomic E-state index is 0.709. The first-order valence-corrected chi connectivity index (χ1v) is 5.38. The summed E-state index contributed by atoms with van der Waals surface area (Å²) in [5.41, 5.74) is 2.98. The van der Waals surface area contributed by atoms with Gasteiger partial charge in [0.25, 0.3) is 0 Å². The SMILES string of the molecule is C=C(C)CCCc1ccc(OC)cc1C#N. The van der Waals surface area contributed by atoms with Crippen LogP contribution in [0.5, 0.6) is 5.75 Å². The van der Waals surface area contributed by atoms with Gasteiger partial charge in [-0.05, 0) is 43.9 Å². The molecule has 0 fully saturated rings. The molecule has 0 heterocycles. The van der Waals surface area contributed by atoms with Gasteiger partial charge in [0.05, 0.1) is 18.7 Å². The Morgan fingerprint density at radius 1 is 1.50 bits per heavy atom. The summed E-state index contributed by atoms with van der Waals surface area (Å²) in [6.07, 6.45) is 2.97. The third-order valence-electron chi connectivity index (χ3n) is 2.49. The second-order valence-electron chi connectivity index (χ2n) is 3.95. The minimum Gasteiger partial charge on any atom is -0.497 e. The van der Waals surface area contributed by atoms with Crippen LogP contribution in [0.1, 0.15) is 30.9 Å². The Morgan fingerprint density at radius 2 is 2.25 bits per heavy atom. The lowest BCUT2D eigenvalue weighted by Crippen LogP contribution is -1.93. The fourth-order valence-electron chi connectivity index (χ4n) is 1.59. The fourth-order valence-corrected chi connectivity index (χ4v) is 1.59. The van der Waals surface area contributed by atoms with Gasteiger partial charge in [0.15, 0.2) is 0 Å². The molecular formula is C14H17NO. The summed E-state index contributed by atoms with van der Waals surface area (Å²) in [6.45, 7) is 5.90. The van der Waals surface area contributed by atoms with Crippen LogP contribution in [-0.4, -0.2) is 7.11 Å². The minimum atomic E-state index is 0.709. The van der Waals surface area contributed by atoms with Crippen LogP contribution < -0.4 is 4.74 Å². The van der Waals surface area contributed by atoms with Crippen molar-refractivity contribution in [2.24, 2.45) is 0 Å². The van der Waals surface area contributed by atoms with Crippen LogP contribution in [0.2, 0.25) is 0 Å². The van der Waals surface area contributed by atoms with Gasteiger partial charge < -0.3 is 4.74 Å². The molecule has 0 unspecified atom stereocenters. The van der Waals surface area contributed by atoms with Gasteiger partial charge in [-0.25, -0.2) is 0 Å². The van der Waals surface area contributed by atoms with Crippen LogP contribution in [0.4, 0.5) is 0 Å². The molecule has 2 nitrogen and oxygen atoms in total. The van der Waals surface area contributed by atoms with Gasteiger partial charge in [0, 0.05) is 0 Å². The molecule has 1 aromatic rings. The number of benzene rings is 1. The summed E-state index contributed by atoms with van der Waals surface area (Å²) in [6, 6.07) is 7.86. The molecule has 84 valence electrons. The van der Waals surface area contributed by atoms with Crippen LogP contribution in [0.3, 0.4) is 0 Å². The standard InChI is InChI=1S/C14H17NO/c1-11(2)5-4-6-12-7-8-14(16-3)9-13(12)10-15/h7-9H,1,4-6H2,2-3H3. The molecule has 2 heteroatoms. The van der Waals surface area contributed by atoms with Crippen LogP contribution in [0, 0.1) is 11.3 Å². The van der Waals surface area contributed by atoms with Crippen molar-refractivity contribution in [3.8, 4) is 11.8 Å². The van der Waals surface area contributed by atoms with E-state index in [1.54, 1.807) is 13.2 Å². The average Bonchev–Trinajstić information content (AvgIpc) is 2.29. The number of allylic oxidation sites excluding steroid dienone is 1.